The molecule has 4 nitrogen and oxygen atoms in total. The first-order valence-electron chi connectivity index (χ1n) is 5.58. The third kappa shape index (κ3) is 4.49. The van der Waals surface area contributed by atoms with E-state index in [2.05, 4.69) is 5.32 Å². The SMILES string of the molecule is COc1cc(SC)ccc1NC(=O)OC(C)(C)C. The highest BCUT2D eigenvalue weighted by atomic mass is 32.2. The molecule has 0 aromatic heterocycles. The van der Waals surface area contributed by atoms with Gasteiger partial charge in [0.05, 0.1) is 12.8 Å². The van der Waals surface area contributed by atoms with E-state index in [1.165, 1.54) is 0 Å². The van der Waals surface area contributed by atoms with Gasteiger partial charge in [-0.25, -0.2) is 4.79 Å². The lowest BCUT2D eigenvalue weighted by Crippen LogP contribution is -2.27. The van der Waals surface area contributed by atoms with Crippen LogP contribution in [0, 0.1) is 0 Å². The van der Waals surface area contributed by atoms with Crippen LogP contribution < -0.4 is 10.1 Å². The molecule has 1 aromatic rings. The van der Waals surface area contributed by atoms with Gasteiger partial charge in [-0.05, 0) is 45.2 Å². The summed E-state index contributed by atoms with van der Waals surface area (Å²) in [5.41, 5.74) is 0.0841. The van der Waals surface area contributed by atoms with Gasteiger partial charge in [0.25, 0.3) is 0 Å². The second-order valence-corrected chi connectivity index (χ2v) is 5.57. The predicted molar refractivity (Wildman–Crippen MR) is 74.6 cm³/mol. The van der Waals surface area contributed by atoms with E-state index in [-0.39, 0.29) is 0 Å². The number of nitrogens with one attached hydrogen (secondary N) is 1. The largest absolute Gasteiger partial charge is 0.495 e. The molecular weight excluding hydrogens is 250 g/mol. The first-order chi connectivity index (χ1) is 8.35. The third-order valence-electron chi connectivity index (χ3n) is 2.04. The molecule has 100 valence electrons. The Morgan fingerprint density at radius 3 is 2.50 bits per heavy atom. The summed E-state index contributed by atoms with van der Waals surface area (Å²) in [5, 5.41) is 2.67. The smallest absolute Gasteiger partial charge is 0.412 e. The molecule has 1 amide bonds. The average molecular weight is 269 g/mol. The minimum absolute atomic E-state index is 0.488. The van der Waals surface area contributed by atoms with Crippen LogP contribution >= 0.6 is 11.8 Å². The van der Waals surface area contributed by atoms with Crippen molar-refractivity contribution in [2.75, 3.05) is 18.7 Å². The summed E-state index contributed by atoms with van der Waals surface area (Å²) < 4.78 is 10.4. The molecule has 0 radical (unpaired) electrons. The fourth-order valence-electron chi connectivity index (χ4n) is 1.32. The molecule has 0 fully saturated rings. The van der Waals surface area contributed by atoms with Crippen molar-refractivity contribution in [2.45, 2.75) is 31.3 Å². The molecule has 0 saturated carbocycles. The highest BCUT2D eigenvalue weighted by Crippen LogP contribution is 2.29. The molecule has 0 aliphatic carbocycles. The molecule has 0 atom stereocenters. The summed E-state index contributed by atoms with van der Waals surface area (Å²) in [6.07, 6.45) is 1.49. The van der Waals surface area contributed by atoms with Crippen molar-refractivity contribution in [2.24, 2.45) is 0 Å². The van der Waals surface area contributed by atoms with Crippen molar-refractivity contribution in [1.29, 1.82) is 0 Å². The van der Waals surface area contributed by atoms with E-state index in [0.29, 0.717) is 11.4 Å². The number of benzene rings is 1. The molecular formula is C13H19NO3S. The van der Waals surface area contributed by atoms with Gasteiger partial charge < -0.3 is 9.47 Å². The van der Waals surface area contributed by atoms with Gasteiger partial charge >= 0.3 is 6.09 Å². The van der Waals surface area contributed by atoms with Gasteiger partial charge in [0.15, 0.2) is 0 Å². The summed E-state index contributed by atoms with van der Waals surface area (Å²) in [6, 6.07) is 5.59. The van der Waals surface area contributed by atoms with Gasteiger partial charge in [-0.2, -0.15) is 0 Å². The fraction of sp³-hybridized carbons (Fsp3) is 0.462. The summed E-state index contributed by atoms with van der Waals surface area (Å²) in [4.78, 5) is 12.7. The summed E-state index contributed by atoms with van der Waals surface area (Å²) in [6.45, 7) is 5.46. The van der Waals surface area contributed by atoms with E-state index in [1.807, 2.05) is 39.2 Å². The Bertz CT molecular complexity index is 427. The summed E-state index contributed by atoms with van der Waals surface area (Å²) in [7, 11) is 1.57. The lowest BCUT2D eigenvalue weighted by molar-refractivity contribution is 0.0635. The van der Waals surface area contributed by atoms with Gasteiger partial charge in [0.1, 0.15) is 11.4 Å². The second kappa shape index (κ2) is 6.00. The van der Waals surface area contributed by atoms with Crippen molar-refractivity contribution < 1.29 is 14.3 Å². The van der Waals surface area contributed by atoms with Crippen LogP contribution in [0.3, 0.4) is 0 Å². The molecule has 0 spiro atoms. The molecule has 1 aromatic carbocycles. The van der Waals surface area contributed by atoms with Crippen LogP contribution in [0.1, 0.15) is 20.8 Å². The number of carbonyl (C=O) groups excluding carboxylic acids is 1. The van der Waals surface area contributed by atoms with Gasteiger partial charge in [-0.15, -0.1) is 11.8 Å². The Morgan fingerprint density at radius 2 is 2.00 bits per heavy atom. The zero-order valence-electron chi connectivity index (χ0n) is 11.4. The highest BCUT2D eigenvalue weighted by molar-refractivity contribution is 7.98. The zero-order chi connectivity index (χ0) is 13.8. The Labute approximate surface area is 112 Å². The fourth-order valence-corrected chi connectivity index (χ4v) is 1.74. The van der Waals surface area contributed by atoms with Crippen molar-refractivity contribution >= 4 is 23.5 Å². The van der Waals surface area contributed by atoms with E-state index in [1.54, 1.807) is 24.9 Å². The van der Waals surface area contributed by atoms with Crippen LogP contribution in [0.4, 0.5) is 10.5 Å². The Balaban J connectivity index is 2.81. The van der Waals surface area contributed by atoms with Crippen molar-refractivity contribution in [1.82, 2.24) is 0 Å². The molecule has 0 bridgehead atoms. The van der Waals surface area contributed by atoms with E-state index in [0.717, 1.165) is 4.90 Å². The van der Waals surface area contributed by atoms with Crippen molar-refractivity contribution in [3.63, 3.8) is 0 Å². The molecule has 0 unspecified atom stereocenters. The number of ether oxygens (including phenoxy) is 2. The lowest BCUT2D eigenvalue weighted by atomic mass is 10.2. The summed E-state index contributed by atoms with van der Waals surface area (Å²) >= 11 is 1.61. The van der Waals surface area contributed by atoms with Crippen LogP contribution in [0.2, 0.25) is 0 Å². The minimum Gasteiger partial charge on any atom is -0.495 e. The van der Waals surface area contributed by atoms with Gasteiger partial charge in [-0.3, -0.25) is 5.32 Å². The van der Waals surface area contributed by atoms with Gasteiger partial charge in [-0.1, -0.05) is 0 Å². The van der Waals surface area contributed by atoms with E-state index in [9.17, 15) is 4.79 Å². The van der Waals surface area contributed by atoms with E-state index in [4.69, 9.17) is 9.47 Å². The quantitative estimate of drug-likeness (QED) is 0.849. The highest BCUT2D eigenvalue weighted by Gasteiger charge is 2.17. The number of hydrogen-bond acceptors (Lipinski definition) is 4. The molecule has 0 saturated heterocycles. The van der Waals surface area contributed by atoms with Crippen molar-refractivity contribution in [3.8, 4) is 5.75 Å². The van der Waals surface area contributed by atoms with Gasteiger partial charge in [0.2, 0.25) is 0 Å². The van der Waals surface area contributed by atoms with Gasteiger partial charge in [0, 0.05) is 4.90 Å². The first kappa shape index (κ1) is 14.7. The van der Waals surface area contributed by atoms with E-state index < -0.39 is 11.7 Å². The average Bonchev–Trinajstić information content (AvgIpc) is 2.27. The number of rotatable bonds is 3. The molecule has 5 heteroatoms. The first-order valence-corrected chi connectivity index (χ1v) is 6.80. The number of hydrogen-bond donors (Lipinski definition) is 1. The minimum atomic E-state index is -0.517. The summed E-state index contributed by atoms with van der Waals surface area (Å²) in [5.74, 6) is 0.618. The Morgan fingerprint density at radius 1 is 1.33 bits per heavy atom. The predicted octanol–water partition coefficient (Wildman–Crippen LogP) is 3.76. The van der Waals surface area contributed by atoms with Crippen LogP contribution in [-0.2, 0) is 4.74 Å². The zero-order valence-corrected chi connectivity index (χ0v) is 12.2. The van der Waals surface area contributed by atoms with E-state index >= 15 is 0 Å². The second-order valence-electron chi connectivity index (χ2n) is 4.69. The standard InChI is InChI=1S/C13H19NO3S/c1-13(2,3)17-12(15)14-10-7-6-9(18-5)8-11(10)16-4/h6-8H,1-5H3,(H,14,15). The number of amides is 1. The maximum atomic E-state index is 11.7. The maximum Gasteiger partial charge on any atom is 0.412 e. The molecule has 0 heterocycles. The van der Waals surface area contributed by atoms with Crippen molar-refractivity contribution in [3.05, 3.63) is 18.2 Å². The monoisotopic (exact) mass is 269 g/mol. The molecule has 18 heavy (non-hydrogen) atoms. The van der Waals surface area contributed by atoms with Crippen LogP contribution in [-0.4, -0.2) is 25.1 Å². The molecule has 1 rings (SSSR count). The van der Waals surface area contributed by atoms with Crippen LogP contribution in [0.25, 0.3) is 0 Å². The number of methoxy groups -OCH3 is 1. The lowest BCUT2D eigenvalue weighted by Gasteiger charge is -2.20. The Kier molecular flexibility index (Phi) is 4.90. The Hall–Kier alpha value is -1.36. The number of thioether (sulfide) groups is 1. The number of carbonyl (C=O) groups is 1. The molecule has 1 N–H and O–H groups in total. The maximum absolute atomic E-state index is 11.7. The number of anilines is 1. The molecule has 0 aliphatic rings. The normalized spacial score (nSPS) is 10.9. The third-order valence-corrected chi connectivity index (χ3v) is 2.77. The topological polar surface area (TPSA) is 47.6 Å². The van der Waals surface area contributed by atoms with Crippen LogP contribution in [0.5, 0.6) is 5.75 Å². The molecule has 0 aliphatic heterocycles. The van der Waals surface area contributed by atoms with Crippen LogP contribution in [0.15, 0.2) is 23.1 Å².